The Labute approximate surface area is 59.1 Å². The predicted molar refractivity (Wildman–Crippen MR) is 25.7 cm³/mol. The van der Waals surface area contributed by atoms with Gasteiger partial charge < -0.3 is 9.59 Å². The van der Waals surface area contributed by atoms with Crippen LogP contribution in [0.5, 0.6) is 0 Å². The standard InChI is InChI=1S/C5H7O2.Fe/c1-4(6)3-5(2)7;/h3H,1-2H3;/q-1;. The second kappa shape index (κ2) is 4.88. The van der Waals surface area contributed by atoms with Crippen molar-refractivity contribution in [1.82, 2.24) is 0 Å². The van der Waals surface area contributed by atoms with Crippen LogP contribution in [0, 0.1) is 6.42 Å². The molecule has 0 heterocycles. The molecule has 8 heavy (non-hydrogen) atoms. The largest absolute Gasteiger partial charge is 0.334 e. The van der Waals surface area contributed by atoms with Crippen LogP contribution >= 0.6 is 0 Å². The monoisotopic (exact) mass is 155 g/mol. The minimum absolute atomic E-state index is 0. The normalized spacial score (nSPS) is 6.75. The molecule has 0 atom stereocenters. The molecule has 0 rings (SSSR count). The van der Waals surface area contributed by atoms with E-state index in [1.54, 1.807) is 0 Å². The zero-order valence-corrected chi connectivity index (χ0v) is 5.85. The minimum Gasteiger partial charge on any atom is -0.334 e. The van der Waals surface area contributed by atoms with Gasteiger partial charge in [-0.1, -0.05) is 0 Å². The van der Waals surface area contributed by atoms with Gasteiger partial charge in [-0.15, -0.1) is 0 Å². The molecule has 0 saturated carbocycles. The third-order valence-corrected chi connectivity index (χ3v) is 0.407. The topological polar surface area (TPSA) is 34.1 Å². The number of carbonyl (C=O) groups excluding carboxylic acids is 2. The van der Waals surface area contributed by atoms with Gasteiger partial charge in [0.1, 0.15) is 0 Å². The van der Waals surface area contributed by atoms with Crippen molar-refractivity contribution < 1.29 is 26.7 Å². The van der Waals surface area contributed by atoms with E-state index in [0.29, 0.717) is 0 Å². The quantitative estimate of drug-likeness (QED) is 0.328. The number of ketones is 2. The van der Waals surface area contributed by atoms with Gasteiger partial charge in [0.25, 0.3) is 0 Å². The van der Waals surface area contributed by atoms with Crippen molar-refractivity contribution >= 4 is 11.6 Å². The Morgan fingerprint density at radius 2 is 1.38 bits per heavy atom. The van der Waals surface area contributed by atoms with E-state index in [0.717, 1.165) is 6.42 Å². The van der Waals surface area contributed by atoms with Crippen LogP contribution in [0.25, 0.3) is 0 Å². The molecule has 48 valence electrons. The summed E-state index contributed by atoms with van der Waals surface area (Å²) < 4.78 is 0. The summed E-state index contributed by atoms with van der Waals surface area (Å²) in [5.41, 5.74) is 0. The van der Waals surface area contributed by atoms with E-state index in [1.165, 1.54) is 13.8 Å². The molecule has 0 N–H and O–H groups in total. The first-order valence-corrected chi connectivity index (χ1v) is 1.99. The van der Waals surface area contributed by atoms with Gasteiger partial charge >= 0.3 is 0 Å². The first-order chi connectivity index (χ1) is 3.13. The molecule has 0 amide bonds. The minimum atomic E-state index is -0.187. The fourth-order valence-corrected chi connectivity index (χ4v) is 0.286. The van der Waals surface area contributed by atoms with Gasteiger partial charge in [-0.05, 0) is 13.8 Å². The van der Waals surface area contributed by atoms with E-state index in [2.05, 4.69) is 0 Å². The average Bonchev–Trinajstić information content (AvgIpc) is 1.27. The number of carbonyl (C=O) groups is 2. The van der Waals surface area contributed by atoms with Crippen LogP contribution in [0.4, 0.5) is 0 Å². The molecule has 0 aromatic heterocycles. The smallest absolute Gasteiger partial charge is 0.00219 e. The fourth-order valence-electron chi connectivity index (χ4n) is 0.286. The average molecular weight is 155 g/mol. The van der Waals surface area contributed by atoms with Crippen molar-refractivity contribution in [2.75, 3.05) is 0 Å². The van der Waals surface area contributed by atoms with Crippen molar-refractivity contribution in [3.8, 4) is 0 Å². The van der Waals surface area contributed by atoms with E-state index in [4.69, 9.17) is 0 Å². The van der Waals surface area contributed by atoms with Gasteiger partial charge in [-0.25, -0.2) is 0 Å². The zero-order chi connectivity index (χ0) is 5.86. The zero-order valence-electron chi connectivity index (χ0n) is 4.75. The molecule has 0 unspecified atom stereocenters. The van der Waals surface area contributed by atoms with Crippen molar-refractivity contribution in [3.63, 3.8) is 0 Å². The van der Waals surface area contributed by atoms with Gasteiger partial charge in [-0.2, -0.15) is 0 Å². The van der Waals surface area contributed by atoms with Crippen LogP contribution < -0.4 is 0 Å². The fraction of sp³-hybridized carbons (Fsp3) is 0.400. The van der Waals surface area contributed by atoms with Crippen molar-refractivity contribution in [2.45, 2.75) is 13.8 Å². The first-order valence-electron chi connectivity index (χ1n) is 1.99. The third kappa shape index (κ3) is 9.21. The summed E-state index contributed by atoms with van der Waals surface area (Å²) in [6.45, 7) is 2.70. The van der Waals surface area contributed by atoms with Crippen LogP contribution in [0.3, 0.4) is 0 Å². The maximum absolute atomic E-state index is 9.98. The van der Waals surface area contributed by atoms with Crippen molar-refractivity contribution in [1.29, 1.82) is 0 Å². The van der Waals surface area contributed by atoms with Gasteiger partial charge in [0.2, 0.25) is 0 Å². The van der Waals surface area contributed by atoms with Gasteiger partial charge in [0.05, 0.1) is 0 Å². The second-order valence-corrected chi connectivity index (χ2v) is 1.37. The molecular formula is C5H7FeO2-. The summed E-state index contributed by atoms with van der Waals surface area (Å²) in [5.74, 6) is -0.375. The summed E-state index contributed by atoms with van der Waals surface area (Å²) in [5, 5.41) is 0. The summed E-state index contributed by atoms with van der Waals surface area (Å²) in [6, 6.07) is 0. The number of hydrogen-bond acceptors (Lipinski definition) is 2. The molecule has 0 aliphatic rings. The Kier molecular flexibility index (Phi) is 6.50. The Hall–Kier alpha value is -0.271. The van der Waals surface area contributed by atoms with Gasteiger partial charge in [0, 0.05) is 28.6 Å². The second-order valence-electron chi connectivity index (χ2n) is 1.37. The molecule has 0 saturated heterocycles. The SMILES string of the molecule is CC(=O)[CH-]C(C)=O.[Fe]. The maximum atomic E-state index is 9.98. The van der Waals surface area contributed by atoms with E-state index in [9.17, 15) is 9.59 Å². The summed E-state index contributed by atoms with van der Waals surface area (Å²) in [4.78, 5) is 20.0. The molecule has 0 bridgehead atoms. The molecule has 2 nitrogen and oxygen atoms in total. The van der Waals surface area contributed by atoms with Crippen molar-refractivity contribution in [2.24, 2.45) is 0 Å². The van der Waals surface area contributed by atoms with E-state index < -0.39 is 0 Å². The Balaban J connectivity index is 0. The Bertz CT molecular complexity index is 86.6. The molecule has 0 spiro atoms. The van der Waals surface area contributed by atoms with Crippen LogP contribution in [-0.2, 0) is 26.7 Å². The molecule has 0 aliphatic carbocycles. The Morgan fingerprint density at radius 3 is 1.38 bits per heavy atom. The number of rotatable bonds is 2. The molecular weight excluding hydrogens is 148 g/mol. The van der Waals surface area contributed by atoms with Crippen LogP contribution in [-0.4, -0.2) is 11.6 Å². The van der Waals surface area contributed by atoms with E-state index in [-0.39, 0.29) is 28.6 Å². The number of Topliss-reactive ketones (excluding diaryl/α,β-unsaturated/α-hetero) is 2. The molecule has 0 fully saturated rings. The van der Waals surface area contributed by atoms with E-state index >= 15 is 0 Å². The third-order valence-electron chi connectivity index (χ3n) is 0.407. The summed E-state index contributed by atoms with van der Waals surface area (Å²) in [7, 11) is 0. The molecule has 0 aromatic rings. The van der Waals surface area contributed by atoms with Crippen molar-refractivity contribution in [3.05, 3.63) is 6.42 Å². The van der Waals surface area contributed by atoms with Crippen LogP contribution in [0.2, 0.25) is 0 Å². The number of hydrogen-bond donors (Lipinski definition) is 0. The summed E-state index contributed by atoms with van der Waals surface area (Å²) >= 11 is 0. The van der Waals surface area contributed by atoms with Gasteiger partial charge in [0.15, 0.2) is 0 Å². The molecule has 0 radical (unpaired) electrons. The summed E-state index contributed by atoms with van der Waals surface area (Å²) in [6.07, 6.45) is 1.06. The van der Waals surface area contributed by atoms with Gasteiger partial charge in [-0.3, -0.25) is 6.42 Å². The first kappa shape index (κ1) is 10.7. The maximum Gasteiger partial charge on any atom is 0.00219 e. The predicted octanol–water partition coefficient (Wildman–Crippen LogP) is 0.366. The van der Waals surface area contributed by atoms with Crippen LogP contribution in [0.15, 0.2) is 0 Å². The van der Waals surface area contributed by atoms with Crippen LogP contribution in [0.1, 0.15) is 13.8 Å². The molecule has 0 aromatic carbocycles. The molecule has 0 aliphatic heterocycles. The van der Waals surface area contributed by atoms with E-state index in [1.807, 2.05) is 0 Å². The molecule has 3 heteroatoms. The Morgan fingerprint density at radius 1 is 1.12 bits per heavy atom.